The highest BCUT2D eigenvalue weighted by Gasteiger charge is 2.11. The maximum atomic E-state index is 12.2. The Morgan fingerprint density at radius 2 is 2.08 bits per heavy atom. The van der Waals surface area contributed by atoms with Crippen molar-refractivity contribution in [2.45, 2.75) is 6.92 Å². The second kappa shape index (κ2) is 6.67. The molecule has 2 heterocycles. The van der Waals surface area contributed by atoms with Gasteiger partial charge in [0.05, 0.1) is 12.1 Å². The van der Waals surface area contributed by atoms with Crippen LogP contribution in [0, 0.1) is 6.92 Å². The van der Waals surface area contributed by atoms with Gasteiger partial charge in [0, 0.05) is 18.1 Å². The maximum absolute atomic E-state index is 12.2. The van der Waals surface area contributed by atoms with Crippen molar-refractivity contribution < 1.29 is 9.53 Å². The molecule has 24 heavy (non-hydrogen) atoms. The molecule has 0 saturated heterocycles. The second-order valence-corrected chi connectivity index (χ2v) is 5.33. The maximum Gasteiger partial charge on any atom is 0.276 e. The third-order valence-corrected chi connectivity index (χ3v) is 3.66. The highest BCUT2D eigenvalue weighted by molar-refractivity contribution is 6.32. The summed E-state index contributed by atoms with van der Waals surface area (Å²) in [5, 5.41) is 11.1. The molecule has 1 N–H and O–H groups in total. The van der Waals surface area contributed by atoms with E-state index in [1.54, 1.807) is 47.3 Å². The van der Waals surface area contributed by atoms with Crippen LogP contribution in [-0.4, -0.2) is 32.8 Å². The van der Waals surface area contributed by atoms with E-state index in [2.05, 4.69) is 20.5 Å². The number of methoxy groups -OCH3 is 1. The van der Waals surface area contributed by atoms with Crippen LogP contribution in [0.2, 0.25) is 5.02 Å². The Morgan fingerprint density at radius 1 is 1.25 bits per heavy atom. The fraction of sp³-hybridized carbons (Fsp3) is 0.125. The molecule has 1 aromatic carbocycles. The predicted octanol–water partition coefficient (Wildman–Crippen LogP) is 2.89. The molecule has 0 spiro atoms. The topological polar surface area (TPSA) is 81.9 Å². The van der Waals surface area contributed by atoms with Crippen LogP contribution in [0.1, 0.15) is 16.3 Å². The molecule has 0 aliphatic heterocycles. The van der Waals surface area contributed by atoms with Crippen molar-refractivity contribution >= 4 is 23.2 Å². The van der Waals surface area contributed by atoms with Gasteiger partial charge < -0.3 is 10.1 Å². The van der Waals surface area contributed by atoms with Crippen molar-refractivity contribution in [3.8, 4) is 11.6 Å². The summed E-state index contributed by atoms with van der Waals surface area (Å²) in [5.74, 6) is 1.54. The average molecular weight is 344 g/mol. The number of nitrogens with zero attached hydrogens (tertiary/aromatic N) is 4. The highest BCUT2D eigenvalue weighted by atomic mass is 35.5. The van der Waals surface area contributed by atoms with Gasteiger partial charge in [-0.1, -0.05) is 11.6 Å². The first-order valence-corrected chi connectivity index (χ1v) is 7.45. The molecule has 0 fully saturated rings. The van der Waals surface area contributed by atoms with Gasteiger partial charge in [0.25, 0.3) is 5.91 Å². The minimum atomic E-state index is -0.377. The monoisotopic (exact) mass is 343 g/mol. The van der Waals surface area contributed by atoms with Crippen molar-refractivity contribution in [2.24, 2.45) is 0 Å². The van der Waals surface area contributed by atoms with E-state index in [1.165, 1.54) is 7.11 Å². The van der Waals surface area contributed by atoms with E-state index < -0.39 is 0 Å². The van der Waals surface area contributed by atoms with Gasteiger partial charge >= 0.3 is 0 Å². The first-order chi connectivity index (χ1) is 11.6. The normalized spacial score (nSPS) is 10.5. The van der Waals surface area contributed by atoms with E-state index in [4.69, 9.17) is 16.3 Å². The van der Waals surface area contributed by atoms with Gasteiger partial charge in [0.15, 0.2) is 11.5 Å². The number of nitrogens with one attached hydrogen (secondary N) is 1. The van der Waals surface area contributed by atoms with Crippen molar-refractivity contribution in [1.29, 1.82) is 0 Å². The number of aryl methyl sites for hydroxylation is 1. The SMILES string of the molecule is COc1ccc(NC(=O)c2ccc(-n3ccnc3C)nn2)cc1Cl. The van der Waals surface area contributed by atoms with Crippen LogP contribution in [0.15, 0.2) is 42.7 Å². The fourth-order valence-electron chi connectivity index (χ4n) is 2.13. The van der Waals surface area contributed by atoms with Crippen molar-refractivity contribution in [2.75, 3.05) is 12.4 Å². The standard InChI is InChI=1S/C16H14ClN5O2/c1-10-18-7-8-22(10)15-6-4-13(20-21-15)16(23)19-11-3-5-14(24-2)12(17)9-11/h3-9H,1-2H3,(H,19,23). The second-order valence-electron chi connectivity index (χ2n) is 4.92. The number of imidazole rings is 1. The summed E-state index contributed by atoms with van der Waals surface area (Å²) >= 11 is 6.04. The van der Waals surface area contributed by atoms with Crippen LogP contribution in [0.3, 0.4) is 0 Å². The molecule has 122 valence electrons. The predicted molar refractivity (Wildman–Crippen MR) is 89.8 cm³/mol. The molecular weight excluding hydrogens is 330 g/mol. The molecule has 0 aliphatic carbocycles. The van der Waals surface area contributed by atoms with E-state index in [-0.39, 0.29) is 11.6 Å². The van der Waals surface area contributed by atoms with Crippen LogP contribution in [0.25, 0.3) is 5.82 Å². The number of hydrogen-bond acceptors (Lipinski definition) is 5. The minimum absolute atomic E-state index is 0.198. The number of carbonyl (C=O) groups excluding carboxylic acids is 1. The minimum Gasteiger partial charge on any atom is -0.495 e. The largest absolute Gasteiger partial charge is 0.495 e. The number of amides is 1. The summed E-state index contributed by atoms with van der Waals surface area (Å²) in [6.45, 7) is 1.86. The van der Waals surface area contributed by atoms with Crippen LogP contribution in [0.4, 0.5) is 5.69 Å². The Balaban J connectivity index is 1.76. The molecule has 1 amide bonds. The van der Waals surface area contributed by atoms with E-state index in [0.717, 1.165) is 5.82 Å². The van der Waals surface area contributed by atoms with Gasteiger partial charge in [0.2, 0.25) is 0 Å². The number of rotatable bonds is 4. The summed E-state index contributed by atoms with van der Waals surface area (Å²) in [4.78, 5) is 16.4. The lowest BCUT2D eigenvalue weighted by Gasteiger charge is -2.08. The zero-order valence-corrected chi connectivity index (χ0v) is 13.8. The number of benzene rings is 1. The van der Waals surface area contributed by atoms with Gasteiger partial charge in [-0.05, 0) is 37.3 Å². The van der Waals surface area contributed by atoms with E-state index in [9.17, 15) is 4.79 Å². The molecule has 2 aromatic heterocycles. The molecule has 3 aromatic rings. The molecule has 8 heteroatoms. The van der Waals surface area contributed by atoms with Crippen molar-refractivity contribution in [3.63, 3.8) is 0 Å². The van der Waals surface area contributed by atoms with Crippen molar-refractivity contribution in [1.82, 2.24) is 19.7 Å². The van der Waals surface area contributed by atoms with Crippen LogP contribution >= 0.6 is 11.6 Å². The van der Waals surface area contributed by atoms with Gasteiger partial charge in [0.1, 0.15) is 11.6 Å². The van der Waals surface area contributed by atoms with Crippen LogP contribution in [-0.2, 0) is 0 Å². The van der Waals surface area contributed by atoms with Gasteiger partial charge in [-0.2, -0.15) is 0 Å². The smallest absolute Gasteiger partial charge is 0.276 e. The number of aromatic nitrogens is 4. The molecule has 0 radical (unpaired) electrons. The summed E-state index contributed by atoms with van der Waals surface area (Å²) in [7, 11) is 1.53. The Bertz CT molecular complexity index is 876. The number of halogens is 1. The third-order valence-electron chi connectivity index (χ3n) is 3.37. The van der Waals surface area contributed by atoms with Crippen molar-refractivity contribution in [3.05, 3.63) is 59.3 Å². The first kappa shape index (κ1) is 15.9. The van der Waals surface area contributed by atoms with Crippen LogP contribution in [0.5, 0.6) is 5.75 Å². The molecule has 0 unspecified atom stereocenters. The number of anilines is 1. The first-order valence-electron chi connectivity index (χ1n) is 7.07. The lowest BCUT2D eigenvalue weighted by molar-refractivity contribution is 0.102. The number of carbonyl (C=O) groups is 1. The van der Waals surface area contributed by atoms with Gasteiger partial charge in [-0.25, -0.2) is 4.98 Å². The zero-order valence-electron chi connectivity index (χ0n) is 13.0. The summed E-state index contributed by atoms with van der Waals surface area (Å²) in [5.41, 5.74) is 0.741. The Kier molecular flexibility index (Phi) is 4.43. The van der Waals surface area contributed by atoms with Gasteiger partial charge in [-0.15, -0.1) is 10.2 Å². The Labute approximate surface area is 143 Å². The summed E-state index contributed by atoms with van der Waals surface area (Å²) in [6, 6.07) is 8.28. The van der Waals surface area contributed by atoms with E-state index in [0.29, 0.717) is 22.3 Å². The van der Waals surface area contributed by atoms with E-state index >= 15 is 0 Å². The fourth-order valence-corrected chi connectivity index (χ4v) is 2.39. The molecular formula is C16H14ClN5O2. The molecule has 0 saturated carbocycles. The number of ether oxygens (including phenoxy) is 1. The molecule has 7 nitrogen and oxygen atoms in total. The average Bonchev–Trinajstić information content (AvgIpc) is 3.01. The summed E-state index contributed by atoms with van der Waals surface area (Å²) in [6.07, 6.45) is 3.45. The molecule has 3 rings (SSSR count). The zero-order chi connectivity index (χ0) is 17.1. The third kappa shape index (κ3) is 3.21. The molecule has 0 atom stereocenters. The molecule has 0 aliphatic rings. The highest BCUT2D eigenvalue weighted by Crippen LogP contribution is 2.27. The Hall–Kier alpha value is -2.93. The lowest BCUT2D eigenvalue weighted by Crippen LogP contribution is -2.15. The van der Waals surface area contributed by atoms with Crippen LogP contribution < -0.4 is 10.1 Å². The Morgan fingerprint density at radius 3 is 2.67 bits per heavy atom. The molecule has 0 bridgehead atoms. The lowest BCUT2D eigenvalue weighted by atomic mass is 10.3. The quantitative estimate of drug-likeness (QED) is 0.787. The summed E-state index contributed by atoms with van der Waals surface area (Å²) < 4.78 is 6.85. The number of hydrogen-bond donors (Lipinski definition) is 1. The van der Waals surface area contributed by atoms with E-state index in [1.807, 2.05) is 6.92 Å². The van der Waals surface area contributed by atoms with Gasteiger partial charge in [-0.3, -0.25) is 9.36 Å².